The number of hydrogen-bond donors (Lipinski definition) is 1. The van der Waals surface area contributed by atoms with Gasteiger partial charge in [0.25, 0.3) is 0 Å². The summed E-state index contributed by atoms with van der Waals surface area (Å²) in [5.41, 5.74) is 1.69. The van der Waals surface area contributed by atoms with Crippen molar-refractivity contribution in [1.82, 2.24) is 9.71 Å². The number of hydrogen-bond acceptors (Lipinski definition) is 5. The van der Waals surface area contributed by atoms with E-state index < -0.39 is 10.0 Å². The fourth-order valence-corrected chi connectivity index (χ4v) is 4.73. The third-order valence-corrected chi connectivity index (χ3v) is 5.95. The maximum absolute atomic E-state index is 11.9. The molecule has 0 amide bonds. The number of sulfonamides is 1. The molecule has 0 aliphatic carbocycles. The average molecular weight is 373 g/mol. The molecule has 0 bridgehead atoms. The molecule has 1 aromatic heterocycles. The van der Waals surface area contributed by atoms with Crippen molar-refractivity contribution in [3.05, 3.63) is 54.4 Å². The second kappa shape index (κ2) is 6.55. The second-order valence-electron chi connectivity index (χ2n) is 7.17. The van der Waals surface area contributed by atoms with Gasteiger partial charge in [0.1, 0.15) is 11.4 Å². The summed E-state index contributed by atoms with van der Waals surface area (Å²) in [4.78, 5) is 6.50. The van der Waals surface area contributed by atoms with Crippen molar-refractivity contribution in [2.24, 2.45) is 0 Å². The van der Waals surface area contributed by atoms with E-state index in [4.69, 9.17) is 4.74 Å². The van der Waals surface area contributed by atoms with Crippen LogP contribution in [-0.4, -0.2) is 38.3 Å². The number of nitrogens with zero attached hydrogens (tertiary/aromatic N) is 2. The van der Waals surface area contributed by atoms with Crippen LogP contribution in [0.25, 0.3) is 0 Å². The number of piperidine rings is 1. The van der Waals surface area contributed by atoms with Crippen molar-refractivity contribution in [3.8, 4) is 5.75 Å². The summed E-state index contributed by atoms with van der Waals surface area (Å²) in [5, 5.41) is 0. The third-order valence-electron chi connectivity index (χ3n) is 5.24. The van der Waals surface area contributed by atoms with Crippen molar-refractivity contribution in [2.45, 2.75) is 30.9 Å². The van der Waals surface area contributed by atoms with Crippen molar-refractivity contribution in [2.75, 3.05) is 24.2 Å². The lowest BCUT2D eigenvalue weighted by Crippen LogP contribution is -2.52. The molecule has 1 atom stereocenters. The number of benzene rings is 1. The molecule has 1 N–H and O–H groups in total. The maximum atomic E-state index is 11.9. The molecule has 6 nitrogen and oxygen atoms in total. The Balaban J connectivity index is 1.56. The van der Waals surface area contributed by atoms with Gasteiger partial charge in [0.15, 0.2) is 0 Å². The van der Waals surface area contributed by atoms with E-state index in [1.165, 1.54) is 6.26 Å². The van der Waals surface area contributed by atoms with Crippen LogP contribution in [0.1, 0.15) is 30.9 Å². The molecule has 1 unspecified atom stereocenters. The van der Waals surface area contributed by atoms with E-state index in [-0.39, 0.29) is 11.6 Å². The summed E-state index contributed by atoms with van der Waals surface area (Å²) in [6.07, 6.45) is 7.21. The number of nitrogens with one attached hydrogen (secondary N) is 1. The molecule has 1 spiro atoms. The number of rotatable bonds is 3. The summed E-state index contributed by atoms with van der Waals surface area (Å²) < 4.78 is 32.9. The Labute approximate surface area is 154 Å². The molecule has 1 saturated heterocycles. The minimum absolute atomic E-state index is 0.250. The first-order chi connectivity index (χ1) is 12.4. The van der Waals surface area contributed by atoms with Crippen LogP contribution < -0.4 is 14.4 Å². The fraction of sp³-hybridized carbons (Fsp3) is 0.421. The molecule has 2 aliphatic rings. The first-order valence-electron chi connectivity index (χ1n) is 8.84. The van der Waals surface area contributed by atoms with Crippen LogP contribution >= 0.6 is 0 Å². The van der Waals surface area contributed by atoms with Crippen LogP contribution in [0.4, 0.5) is 5.69 Å². The van der Waals surface area contributed by atoms with Crippen molar-refractivity contribution in [3.63, 3.8) is 0 Å². The number of fused-ring (bicyclic) bond motifs is 1. The predicted octanol–water partition coefficient (Wildman–Crippen LogP) is 2.49. The molecule has 138 valence electrons. The monoisotopic (exact) mass is 373 g/mol. The molecule has 1 fully saturated rings. The summed E-state index contributed by atoms with van der Waals surface area (Å²) in [5.74, 6) is 0.787. The van der Waals surface area contributed by atoms with E-state index in [0.29, 0.717) is 6.42 Å². The zero-order chi connectivity index (χ0) is 18.2. The first kappa shape index (κ1) is 17.3. The Morgan fingerprint density at radius 3 is 2.65 bits per heavy atom. The SMILES string of the molecule is CS(=O)(=O)NC1CC2(CCN(c3cccnc3)CC2)Oc2ccccc21. The van der Waals surface area contributed by atoms with E-state index in [0.717, 1.165) is 42.9 Å². The highest BCUT2D eigenvalue weighted by molar-refractivity contribution is 7.88. The zero-order valence-corrected chi connectivity index (χ0v) is 15.6. The van der Waals surface area contributed by atoms with Crippen molar-refractivity contribution >= 4 is 15.7 Å². The zero-order valence-electron chi connectivity index (χ0n) is 14.8. The van der Waals surface area contributed by atoms with Gasteiger partial charge in [-0.25, -0.2) is 13.1 Å². The Bertz CT molecular complexity index is 878. The maximum Gasteiger partial charge on any atom is 0.209 e. The molecular formula is C19H23N3O3S. The minimum atomic E-state index is -3.30. The third kappa shape index (κ3) is 3.54. The van der Waals surface area contributed by atoms with Crippen LogP contribution in [0.5, 0.6) is 5.75 Å². The van der Waals surface area contributed by atoms with E-state index in [9.17, 15) is 8.42 Å². The van der Waals surface area contributed by atoms with Gasteiger partial charge in [-0.1, -0.05) is 18.2 Å². The van der Waals surface area contributed by atoms with Crippen molar-refractivity contribution in [1.29, 1.82) is 0 Å². The Hall–Kier alpha value is -2.12. The molecule has 4 rings (SSSR count). The second-order valence-corrected chi connectivity index (χ2v) is 8.95. The molecule has 3 heterocycles. The van der Waals surface area contributed by atoms with E-state index in [2.05, 4.69) is 20.7 Å². The Morgan fingerprint density at radius 1 is 1.19 bits per heavy atom. The molecule has 0 saturated carbocycles. The highest BCUT2D eigenvalue weighted by Crippen LogP contribution is 2.44. The first-order valence-corrected chi connectivity index (χ1v) is 10.7. The quantitative estimate of drug-likeness (QED) is 0.895. The normalized spacial score (nSPS) is 21.9. The lowest BCUT2D eigenvalue weighted by molar-refractivity contribution is 0.0112. The number of ether oxygens (including phenoxy) is 1. The summed E-state index contributed by atoms with van der Waals surface area (Å²) in [6, 6.07) is 11.5. The molecule has 0 radical (unpaired) electrons. The Morgan fingerprint density at radius 2 is 1.96 bits per heavy atom. The van der Waals surface area contributed by atoms with E-state index >= 15 is 0 Å². The van der Waals surface area contributed by atoms with Crippen LogP contribution in [-0.2, 0) is 10.0 Å². The number of para-hydroxylation sites is 1. The molecular weight excluding hydrogens is 350 g/mol. The lowest BCUT2D eigenvalue weighted by atomic mass is 9.81. The largest absolute Gasteiger partial charge is 0.487 e. The lowest BCUT2D eigenvalue weighted by Gasteiger charge is -2.47. The standard InChI is InChI=1S/C19H23N3O3S/c1-26(23,24)21-17-13-19(25-18-7-3-2-6-16(17)18)8-11-22(12-9-19)15-5-4-10-20-14-15/h2-7,10,14,17,21H,8-9,11-13H2,1H3. The topological polar surface area (TPSA) is 71.5 Å². The molecule has 1 aromatic carbocycles. The molecule has 7 heteroatoms. The van der Waals surface area contributed by atoms with Gasteiger partial charge in [-0.2, -0.15) is 0 Å². The van der Waals surface area contributed by atoms with Gasteiger partial charge in [-0.3, -0.25) is 4.98 Å². The van der Waals surface area contributed by atoms with Crippen LogP contribution in [0.15, 0.2) is 48.8 Å². The van der Waals surface area contributed by atoms with Crippen molar-refractivity contribution < 1.29 is 13.2 Å². The van der Waals surface area contributed by atoms with E-state index in [1.54, 1.807) is 6.20 Å². The van der Waals surface area contributed by atoms with E-state index in [1.807, 2.05) is 36.5 Å². The fourth-order valence-electron chi connectivity index (χ4n) is 4.00. The minimum Gasteiger partial charge on any atom is -0.487 e. The Kier molecular flexibility index (Phi) is 4.36. The van der Waals surface area contributed by atoms with Crippen LogP contribution in [0, 0.1) is 0 Å². The van der Waals surface area contributed by atoms with Gasteiger partial charge in [0, 0.05) is 44.1 Å². The molecule has 26 heavy (non-hydrogen) atoms. The average Bonchev–Trinajstić information content (AvgIpc) is 2.62. The smallest absolute Gasteiger partial charge is 0.209 e. The molecule has 2 aromatic rings. The number of aromatic nitrogens is 1. The molecule has 2 aliphatic heterocycles. The van der Waals surface area contributed by atoms with Gasteiger partial charge in [0.05, 0.1) is 24.2 Å². The van der Waals surface area contributed by atoms with Crippen LogP contribution in [0.3, 0.4) is 0 Å². The van der Waals surface area contributed by atoms with Gasteiger partial charge >= 0.3 is 0 Å². The summed E-state index contributed by atoms with van der Waals surface area (Å²) >= 11 is 0. The summed E-state index contributed by atoms with van der Waals surface area (Å²) in [6.45, 7) is 1.72. The highest BCUT2D eigenvalue weighted by atomic mass is 32.2. The van der Waals surface area contributed by atoms with Gasteiger partial charge < -0.3 is 9.64 Å². The summed E-state index contributed by atoms with van der Waals surface area (Å²) in [7, 11) is -3.30. The van der Waals surface area contributed by atoms with Gasteiger partial charge in [-0.15, -0.1) is 0 Å². The van der Waals surface area contributed by atoms with Crippen LogP contribution in [0.2, 0.25) is 0 Å². The van der Waals surface area contributed by atoms with Gasteiger partial charge in [-0.05, 0) is 18.2 Å². The highest BCUT2D eigenvalue weighted by Gasteiger charge is 2.43. The number of pyridine rings is 1. The number of anilines is 1. The van der Waals surface area contributed by atoms with Gasteiger partial charge in [0.2, 0.25) is 10.0 Å². The predicted molar refractivity (Wildman–Crippen MR) is 101 cm³/mol.